The van der Waals surface area contributed by atoms with Gasteiger partial charge in [-0.05, 0) is 19.1 Å². The molecule has 0 aliphatic rings. The van der Waals surface area contributed by atoms with E-state index in [4.69, 9.17) is 0 Å². The lowest BCUT2D eigenvalue weighted by Crippen LogP contribution is -2.02. The van der Waals surface area contributed by atoms with Gasteiger partial charge in [0.2, 0.25) is 5.78 Å². The zero-order chi connectivity index (χ0) is 10.8. The number of hydrogen-bond donors (Lipinski definition) is 0. The predicted octanol–water partition coefficient (Wildman–Crippen LogP) is 0.750. The molecule has 15 heavy (non-hydrogen) atoms. The smallest absolute Gasteiger partial charge is 0.216 e. The van der Waals surface area contributed by atoms with Crippen LogP contribution in [0.15, 0.2) is 24.5 Å². The van der Waals surface area contributed by atoms with Crippen molar-refractivity contribution in [2.24, 2.45) is 7.05 Å². The quantitative estimate of drug-likeness (QED) is 0.674. The molecule has 2 aromatic heterocycles. The van der Waals surface area contributed by atoms with Gasteiger partial charge in [0, 0.05) is 24.5 Å². The minimum Gasteiger partial charge on any atom is -0.287 e. The van der Waals surface area contributed by atoms with Crippen LogP contribution in [0.25, 0.3) is 0 Å². The lowest BCUT2D eigenvalue weighted by molar-refractivity contribution is 0.103. The van der Waals surface area contributed by atoms with E-state index in [0.29, 0.717) is 11.3 Å². The van der Waals surface area contributed by atoms with Crippen LogP contribution in [0, 0.1) is 6.92 Å². The predicted molar refractivity (Wildman–Crippen MR) is 53.4 cm³/mol. The van der Waals surface area contributed by atoms with Crippen LogP contribution >= 0.6 is 0 Å². The monoisotopic (exact) mass is 202 g/mol. The van der Waals surface area contributed by atoms with Gasteiger partial charge in [0.05, 0.1) is 6.20 Å². The lowest BCUT2D eigenvalue weighted by Gasteiger charge is -1.96. The maximum Gasteiger partial charge on any atom is 0.216 e. The molecule has 76 valence electrons. The highest BCUT2D eigenvalue weighted by Gasteiger charge is 2.12. The highest BCUT2D eigenvalue weighted by Crippen LogP contribution is 2.05. The van der Waals surface area contributed by atoms with Gasteiger partial charge in [0.15, 0.2) is 5.69 Å². The molecule has 2 heterocycles. The van der Waals surface area contributed by atoms with Crippen molar-refractivity contribution in [2.75, 3.05) is 0 Å². The molecule has 0 unspecified atom stereocenters. The van der Waals surface area contributed by atoms with Gasteiger partial charge in [-0.25, -0.2) is 0 Å². The Bertz CT molecular complexity index is 486. The van der Waals surface area contributed by atoms with E-state index in [1.807, 2.05) is 6.92 Å². The zero-order valence-electron chi connectivity index (χ0n) is 8.51. The Morgan fingerprint density at radius 1 is 1.40 bits per heavy atom. The second kappa shape index (κ2) is 3.61. The van der Waals surface area contributed by atoms with Gasteiger partial charge in [-0.3, -0.25) is 14.5 Å². The minimum absolute atomic E-state index is 0.157. The molecular weight excluding hydrogens is 192 g/mol. The number of rotatable bonds is 2. The van der Waals surface area contributed by atoms with Crippen molar-refractivity contribution < 1.29 is 4.79 Å². The summed E-state index contributed by atoms with van der Waals surface area (Å²) in [5.74, 6) is -0.157. The van der Waals surface area contributed by atoms with E-state index >= 15 is 0 Å². The van der Waals surface area contributed by atoms with Crippen LogP contribution < -0.4 is 0 Å². The van der Waals surface area contributed by atoms with Gasteiger partial charge in [-0.1, -0.05) is 5.21 Å². The SMILES string of the molecule is Cc1ccc(C(=O)c2cn(C)nn2)cn1. The van der Waals surface area contributed by atoms with Crippen molar-refractivity contribution in [2.45, 2.75) is 6.92 Å². The van der Waals surface area contributed by atoms with Crippen LogP contribution in [0.2, 0.25) is 0 Å². The molecule has 0 fully saturated rings. The van der Waals surface area contributed by atoms with E-state index in [1.54, 1.807) is 31.6 Å². The molecule has 2 aromatic rings. The normalized spacial score (nSPS) is 10.3. The highest BCUT2D eigenvalue weighted by molar-refractivity contribution is 6.07. The lowest BCUT2D eigenvalue weighted by atomic mass is 10.1. The molecule has 0 saturated carbocycles. The van der Waals surface area contributed by atoms with Gasteiger partial charge in [0.25, 0.3) is 0 Å². The third kappa shape index (κ3) is 1.90. The summed E-state index contributed by atoms with van der Waals surface area (Å²) in [7, 11) is 1.72. The van der Waals surface area contributed by atoms with Crippen LogP contribution in [-0.2, 0) is 7.05 Å². The molecule has 0 aliphatic carbocycles. The number of hydrogen-bond acceptors (Lipinski definition) is 4. The first-order valence-corrected chi connectivity index (χ1v) is 4.50. The van der Waals surface area contributed by atoms with E-state index in [9.17, 15) is 4.79 Å². The first-order chi connectivity index (χ1) is 7.16. The number of pyridine rings is 1. The van der Waals surface area contributed by atoms with Gasteiger partial charge >= 0.3 is 0 Å². The van der Waals surface area contributed by atoms with E-state index in [0.717, 1.165) is 5.69 Å². The second-order valence-corrected chi connectivity index (χ2v) is 3.29. The standard InChI is InChI=1S/C10H10N4O/c1-7-3-4-8(5-11-7)10(15)9-6-14(2)13-12-9/h3-6H,1-2H3. The Labute approximate surface area is 86.8 Å². The van der Waals surface area contributed by atoms with E-state index in [-0.39, 0.29) is 5.78 Å². The maximum absolute atomic E-state index is 11.8. The molecule has 0 bridgehead atoms. The fourth-order valence-corrected chi connectivity index (χ4v) is 1.20. The number of ketones is 1. The summed E-state index contributed by atoms with van der Waals surface area (Å²) in [6.45, 7) is 1.87. The van der Waals surface area contributed by atoms with Crippen molar-refractivity contribution in [1.82, 2.24) is 20.0 Å². The third-order valence-corrected chi connectivity index (χ3v) is 2.01. The Balaban J connectivity index is 2.32. The Kier molecular flexibility index (Phi) is 2.29. The number of aryl methyl sites for hydroxylation is 2. The molecule has 0 aromatic carbocycles. The molecule has 2 rings (SSSR count). The molecule has 0 atom stereocenters. The second-order valence-electron chi connectivity index (χ2n) is 3.29. The molecule has 5 heteroatoms. The number of nitrogens with zero attached hydrogens (tertiary/aromatic N) is 4. The summed E-state index contributed by atoms with van der Waals surface area (Å²) < 4.78 is 1.49. The highest BCUT2D eigenvalue weighted by atomic mass is 16.1. The van der Waals surface area contributed by atoms with Gasteiger partial charge in [-0.15, -0.1) is 5.10 Å². The summed E-state index contributed by atoms with van der Waals surface area (Å²) in [5.41, 5.74) is 1.75. The number of carbonyl (C=O) groups is 1. The Morgan fingerprint density at radius 2 is 2.20 bits per heavy atom. The fourth-order valence-electron chi connectivity index (χ4n) is 1.20. The number of aromatic nitrogens is 4. The summed E-state index contributed by atoms with van der Waals surface area (Å²) in [6, 6.07) is 3.53. The minimum atomic E-state index is -0.157. The van der Waals surface area contributed by atoms with Gasteiger partial charge < -0.3 is 0 Å². The van der Waals surface area contributed by atoms with E-state index in [2.05, 4.69) is 15.3 Å². The first kappa shape index (κ1) is 9.51. The summed E-state index contributed by atoms with van der Waals surface area (Å²) >= 11 is 0. The van der Waals surface area contributed by atoms with Crippen LogP contribution in [-0.4, -0.2) is 25.8 Å². The van der Waals surface area contributed by atoms with E-state index in [1.165, 1.54) is 4.68 Å². The topological polar surface area (TPSA) is 60.7 Å². The molecule has 0 spiro atoms. The summed E-state index contributed by atoms with van der Waals surface area (Å²) in [6.07, 6.45) is 3.13. The molecule has 0 amide bonds. The average Bonchev–Trinajstić information content (AvgIpc) is 2.65. The largest absolute Gasteiger partial charge is 0.287 e. The van der Waals surface area contributed by atoms with E-state index < -0.39 is 0 Å². The molecular formula is C10H10N4O. The van der Waals surface area contributed by atoms with Crippen molar-refractivity contribution in [1.29, 1.82) is 0 Å². The molecule has 5 nitrogen and oxygen atoms in total. The van der Waals surface area contributed by atoms with Crippen molar-refractivity contribution in [3.05, 3.63) is 41.5 Å². The number of carbonyl (C=O) groups excluding carboxylic acids is 1. The van der Waals surface area contributed by atoms with Gasteiger partial charge in [-0.2, -0.15) is 0 Å². The van der Waals surface area contributed by atoms with Crippen LogP contribution in [0.5, 0.6) is 0 Å². The fraction of sp³-hybridized carbons (Fsp3) is 0.200. The molecule has 0 radical (unpaired) electrons. The summed E-state index contributed by atoms with van der Waals surface area (Å²) in [4.78, 5) is 15.9. The molecule has 0 saturated heterocycles. The van der Waals surface area contributed by atoms with Crippen LogP contribution in [0.1, 0.15) is 21.7 Å². The van der Waals surface area contributed by atoms with Gasteiger partial charge in [0.1, 0.15) is 0 Å². The van der Waals surface area contributed by atoms with Crippen LogP contribution in [0.4, 0.5) is 0 Å². The first-order valence-electron chi connectivity index (χ1n) is 4.50. The zero-order valence-corrected chi connectivity index (χ0v) is 8.51. The third-order valence-electron chi connectivity index (χ3n) is 2.01. The van der Waals surface area contributed by atoms with Crippen LogP contribution in [0.3, 0.4) is 0 Å². The Morgan fingerprint density at radius 3 is 2.73 bits per heavy atom. The maximum atomic E-state index is 11.8. The Hall–Kier alpha value is -2.04. The van der Waals surface area contributed by atoms with Crippen molar-refractivity contribution in [3.63, 3.8) is 0 Å². The molecule has 0 N–H and O–H groups in total. The van der Waals surface area contributed by atoms with Crippen molar-refractivity contribution >= 4 is 5.78 Å². The molecule has 0 aliphatic heterocycles. The van der Waals surface area contributed by atoms with Crippen molar-refractivity contribution in [3.8, 4) is 0 Å². The summed E-state index contributed by atoms with van der Waals surface area (Å²) in [5, 5.41) is 7.46. The average molecular weight is 202 g/mol.